The van der Waals surface area contributed by atoms with Gasteiger partial charge in [-0.3, -0.25) is 4.79 Å². The van der Waals surface area contributed by atoms with Gasteiger partial charge in [0.25, 0.3) is 0 Å². The zero-order chi connectivity index (χ0) is 13.4. The smallest absolute Gasteiger partial charge is 0.308 e. The average molecular weight is 263 g/mol. The zero-order valence-corrected chi connectivity index (χ0v) is 11.6. The molecule has 0 aromatic heterocycles. The van der Waals surface area contributed by atoms with Crippen LogP contribution >= 0.6 is 0 Å². The van der Waals surface area contributed by atoms with Gasteiger partial charge in [-0.15, -0.1) is 0 Å². The topological polar surface area (TPSA) is 74.7 Å². The predicted molar refractivity (Wildman–Crippen MR) is 65.1 cm³/mol. The number of carboxylic acids is 1. The van der Waals surface area contributed by atoms with E-state index in [0.717, 1.165) is 0 Å². The van der Waals surface area contributed by atoms with E-state index in [-0.39, 0.29) is 23.6 Å². The van der Waals surface area contributed by atoms with Crippen LogP contribution in [0.2, 0.25) is 0 Å². The van der Waals surface area contributed by atoms with E-state index in [1.807, 2.05) is 20.8 Å². The Morgan fingerprint density at radius 1 is 1.35 bits per heavy atom. The van der Waals surface area contributed by atoms with Crippen molar-refractivity contribution >= 4 is 16.0 Å². The molecule has 1 rings (SSSR count). The molecule has 0 aliphatic carbocycles. The Bertz CT molecular complexity index is 396. The third-order valence-corrected chi connectivity index (χ3v) is 5.22. The Balaban J connectivity index is 2.80. The van der Waals surface area contributed by atoms with E-state index >= 15 is 0 Å². The van der Waals surface area contributed by atoms with Crippen LogP contribution in [0, 0.1) is 17.3 Å². The van der Waals surface area contributed by atoms with Crippen LogP contribution in [0.5, 0.6) is 0 Å². The van der Waals surface area contributed by atoms with Crippen LogP contribution in [0.3, 0.4) is 0 Å². The van der Waals surface area contributed by atoms with Gasteiger partial charge in [0.2, 0.25) is 10.0 Å². The Morgan fingerprint density at radius 3 is 2.24 bits per heavy atom. The molecular weight excluding hydrogens is 242 g/mol. The lowest BCUT2D eigenvalue weighted by molar-refractivity contribution is -0.142. The first kappa shape index (κ1) is 14.4. The van der Waals surface area contributed by atoms with Crippen molar-refractivity contribution in [3.05, 3.63) is 0 Å². The molecule has 0 saturated carbocycles. The number of aliphatic carboxylic acids is 1. The van der Waals surface area contributed by atoms with Crippen molar-refractivity contribution in [2.45, 2.75) is 27.7 Å². The largest absolute Gasteiger partial charge is 0.481 e. The van der Waals surface area contributed by atoms with E-state index in [2.05, 4.69) is 0 Å². The number of rotatable bonds is 3. The third kappa shape index (κ3) is 3.67. The summed E-state index contributed by atoms with van der Waals surface area (Å²) in [5, 5.41) is 8.98. The summed E-state index contributed by atoms with van der Waals surface area (Å²) in [6, 6.07) is 0. The first-order valence-corrected chi connectivity index (χ1v) is 7.34. The SMILES string of the molecule is C[C@@H]1CN(S(=O)(=O)CC(C)(C)C)C[C@H]1C(=O)O. The molecule has 0 unspecified atom stereocenters. The van der Waals surface area contributed by atoms with Gasteiger partial charge in [0.05, 0.1) is 11.7 Å². The van der Waals surface area contributed by atoms with Crippen LogP contribution in [-0.2, 0) is 14.8 Å². The molecule has 2 atom stereocenters. The van der Waals surface area contributed by atoms with Crippen molar-refractivity contribution in [3.63, 3.8) is 0 Å². The fraction of sp³-hybridized carbons (Fsp3) is 0.909. The summed E-state index contributed by atoms with van der Waals surface area (Å²) in [7, 11) is -3.35. The molecule has 0 aromatic rings. The number of hydrogen-bond acceptors (Lipinski definition) is 3. The van der Waals surface area contributed by atoms with Crippen LogP contribution in [0.25, 0.3) is 0 Å². The summed E-state index contributed by atoms with van der Waals surface area (Å²) in [4.78, 5) is 10.9. The van der Waals surface area contributed by atoms with Crippen LogP contribution in [-0.4, -0.2) is 42.6 Å². The van der Waals surface area contributed by atoms with Gasteiger partial charge >= 0.3 is 5.97 Å². The van der Waals surface area contributed by atoms with Gasteiger partial charge in [-0.05, 0) is 11.3 Å². The number of carboxylic acid groups (broad SMARTS) is 1. The van der Waals surface area contributed by atoms with Gasteiger partial charge in [-0.25, -0.2) is 12.7 Å². The first-order chi connectivity index (χ1) is 7.53. The molecule has 1 aliphatic heterocycles. The van der Waals surface area contributed by atoms with Crippen molar-refractivity contribution in [1.29, 1.82) is 0 Å². The fourth-order valence-corrected chi connectivity index (χ4v) is 4.24. The van der Waals surface area contributed by atoms with E-state index in [1.165, 1.54) is 4.31 Å². The summed E-state index contributed by atoms with van der Waals surface area (Å²) < 4.78 is 25.5. The van der Waals surface area contributed by atoms with Crippen molar-refractivity contribution in [2.75, 3.05) is 18.8 Å². The molecule has 0 spiro atoms. The second-order valence-corrected chi connectivity index (χ2v) is 8.02. The Morgan fingerprint density at radius 2 is 1.88 bits per heavy atom. The second kappa shape index (κ2) is 4.57. The first-order valence-electron chi connectivity index (χ1n) is 5.73. The fourth-order valence-electron chi connectivity index (χ4n) is 2.11. The molecule has 0 bridgehead atoms. The molecule has 1 saturated heterocycles. The molecule has 1 N–H and O–H groups in total. The summed E-state index contributed by atoms with van der Waals surface area (Å²) in [6.07, 6.45) is 0. The highest BCUT2D eigenvalue weighted by atomic mass is 32.2. The van der Waals surface area contributed by atoms with Gasteiger partial charge in [-0.1, -0.05) is 27.7 Å². The van der Waals surface area contributed by atoms with E-state index in [9.17, 15) is 13.2 Å². The van der Waals surface area contributed by atoms with Gasteiger partial charge in [0.1, 0.15) is 0 Å². The summed E-state index contributed by atoms with van der Waals surface area (Å²) >= 11 is 0. The van der Waals surface area contributed by atoms with Crippen molar-refractivity contribution in [3.8, 4) is 0 Å². The minimum absolute atomic E-state index is 0.0546. The van der Waals surface area contributed by atoms with Crippen molar-refractivity contribution in [2.24, 2.45) is 17.3 Å². The zero-order valence-electron chi connectivity index (χ0n) is 10.8. The minimum Gasteiger partial charge on any atom is -0.481 e. The number of carbonyl (C=O) groups is 1. The predicted octanol–water partition coefficient (Wildman–Crippen LogP) is 1.01. The normalized spacial score (nSPS) is 27.3. The lowest BCUT2D eigenvalue weighted by Crippen LogP contribution is -2.36. The number of sulfonamides is 1. The lowest BCUT2D eigenvalue weighted by Gasteiger charge is -2.23. The maximum atomic E-state index is 12.1. The molecule has 1 fully saturated rings. The third-order valence-electron chi connectivity index (χ3n) is 2.90. The minimum atomic E-state index is -3.35. The van der Waals surface area contributed by atoms with Crippen LogP contribution in [0.15, 0.2) is 0 Å². The molecular formula is C11H21NO4S. The molecule has 0 radical (unpaired) electrons. The van der Waals surface area contributed by atoms with Crippen LogP contribution in [0.1, 0.15) is 27.7 Å². The molecule has 0 amide bonds. The van der Waals surface area contributed by atoms with Crippen molar-refractivity contribution in [1.82, 2.24) is 4.31 Å². The van der Waals surface area contributed by atoms with E-state index in [0.29, 0.717) is 6.54 Å². The van der Waals surface area contributed by atoms with E-state index < -0.39 is 21.9 Å². The monoisotopic (exact) mass is 263 g/mol. The summed E-state index contributed by atoms with van der Waals surface area (Å²) in [5.41, 5.74) is -0.316. The highest BCUT2D eigenvalue weighted by molar-refractivity contribution is 7.89. The molecule has 6 heteroatoms. The van der Waals surface area contributed by atoms with Crippen molar-refractivity contribution < 1.29 is 18.3 Å². The summed E-state index contributed by atoms with van der Waals surface area (Å²) in [6.45, 7) is 7.78. The molecule has 5 nitrogen and oxygen atoms in total. The molecule has 0 aromatic carbocycles. The molecule has 1 aliphatic rings. The Kier molecular flexibility index (Phi) is 3.88. The number of hydrogen-bond donors (Lipinski definition) is 1. The van der Waals surface area contributed by atoms with Gasteiger partial charge in [0.15, 0.2) is 0 Å². The Labute approximate surface area is 103 Å². The summed E-state index contributed by atoms with van der Waals surface area (Å²) in [5.74, 6) is -1.56. The standard InChI is InChI=1S/C11H21NO4S/c1-8-5-12(6-9(8)10(13)14)17(15,16)7-11(2,3)4/h8-9H,5-7H2,1-4H3,(H,13,14)/t8-,9-/m1/s1. The number of nitrogens with zero attached hydrogens (tertiary/aromatic N) is 1. The van der Waals surface area contributed by atoms with E-state index in [4.69, 9.17) is 5.11 Å². The molecule has 17 heavy (non-hydrogen) atoms. The highest BCUT2D eigenvalue weighted by Crippen LogP contribution is 2.28. The second-order valence-electron chi connectivity index (χ2n) is 6.06. The Hall–Kier alpha value is -0.620. The van der Waals surface area contributed by atoms with Gasteiger partial charge in [-0.2, -0.15) is 0 Å². The van der Waals surface area contributed by atoms with Gasteiger partial charge < -0.3 is 5.11 Å². The molecule has 1 heterocycles. The van der Waals surface area contributed by atoms with Gasteiger partial charge in [0, 0.05) is 13.1 Å². The maximum Gasteiger partial charge on any atom is 0.308 e. The van der Waals surface area contributed by atoms with E-state index in [1.54, 1.807) is 6.92 Å². The quantitative estimate of drug-likeness (QED) is 0.824. The van der Waals surface area contributed by atoms with Crippen LogP contribution < -0.4 is 0 Å². The van der Waals surface area contributed by atoms with Crippen LogP contribution in [0.4, 0.5) is 0 Å². The molecule has 100 valence electrons. The maximum absolute atomic E-state index is 12.1. The average Bonchev–Trinajstić information content (AvgIpc) is 2.43. The highest BCUT2D eigenvalue weighted by Gasteiger charge is 2.41. The lowest BCUT2D eigenvalue weighted by atomic mass is 9.99.